The minimum atomic E-state index is 0.720. The molecule has 0 aliphatic heterocycles. The fourth-order valence-electron chi connectivity index (χ4n) is 1.55. The third-order valence-corrected chi connectivity index (χ3v) is 3.28. The minimum Gasteiger partial charge on any atom is -0.375 e. The van der Waals surface area contributed by atoms with Crippen LogP contribution in [0.1, 0.15) is 24.8 Å². The molecule has 0 spiro atoms. The summed E-state index contributed by atoms with van der Waals surface area (Å²) in [5.41, 5.74) is 1.24. The van der Waals surface area contributed by atoms with Crippen LogP contribution in [-0.4, -0.2) is 24.1 Å². The van der Waals surface area contributed by atoms with Gasteiger partial charge in [-0.1, -0.05) is 59.3 Å². The van der Waals surface area contributed by atoms with E-state index in [1.807, 2.05) is 18.2 Å². The molecule has 0 saturated heterocycles. The summed E-state index contributed by atoms with van der Waals surface area (Å²) < 4.78 is 6.86. The van der Waals surface area contributed by atoms with E-state index in [2.05, 4.69) is 40.0 Å². The van der Waals surface area contributed by atoms with E-state index in [4.69, 9.17) is 4.74 Å². The number of unbranched alkanes of at least 4 members (excludes halogenated alkanes) is 2. The van der Waals surface area contributed by atoms with Gasteiger partial charge >= 0.3 is 0 Å². The monoisotopic (exact) mass is 347 g/mol. The third-order valence-electron chi connectivity index (χ3n) is 2.52. The van der Waals surface area contributed by atoms with E-state index in [1.165, 1.54) is 29.3 Å². The maximum atomic E-state index is 5.58. The fraction of sp³-hybridized carbons (Fsp3) is 0.571. The van der Waals surface area contributed by atoms with Gasteiger partial charge in [-0.05, 0) is 29.4 Å². The molecule has 2 nitrogen and oxygen atoms in total. The molecule has 0 radical (unpaired) electrons. The zero-order valence-electron chi connectivity index (χ0n) is 10.3. The molecule has 0 saturated carbocycles. The number of benzene rings is 1. The highest BCUT2D eigenvalue weighted by atomic mass is 127. The van der Waals surface area contributed by atoms with Crippen LogP contribution in [0.5, 0.6) is 0 Å². The van der Waals surface area contributed by atoms with Crippen LogP contribution >= 0.6 is 22.6 Å². The van der Waals surface area contributed by atoms with Gasteiger partial charge in [-0.3, -0.25) is 0 Å². The number of ether oxygens (including phenoxy) is 1. The van der Waals surface area contributed by atoms with Crippen molar-refractivity contribution in [1.82, 2.24) is 5.32 Å². The Morgan fingerprint density at radius 1 is 1.00 bits per heavy atom. The average Bonchev–Trinajstić information content (AvgIpc) is 2.38. The van der Waals surface area contributed by atoms with Gasteiger partial charge < -0.3 is 10.1 Å². The largest absolute Gasteiger partial charge is 0.375 e. The van der Waals surface area contributed by atoms with Crippen LogP contribution in [0.15, 0.2) is 30.3 Å². The molecule has 0 unspecified atom stereocenters. The maximum absolute atomic E-state index is 5.58. The van der Waals surface area contributed by atoms with Crippen LogP contribution in [0.3, 0.4) is 0 Å². The van der Waals surface area contributed by atoms with Crippen molar-refractivity contribution < 1.29 is 4.74 Å². The second kappa shape index (κ2) is 11.0. The molecule has 96 valence electrons. The predicted molar refractivity (Wildman–Crippen MR) is 81.7 cm³/mol. The van der Waals surface area contributed by atoms with Gasteiger partial charge in [0.25, 0.3) is 0 Å². The Hall–Kier alpha value is -0.130. The highest BCUT2D eigenvalue weighted by Gasteiger charge is 1.92. The second-order valence-corrected chi connectivity index (χ2v) is 5.12. The number of hydrogen-bond acceptors (Lipinski definition) is 2. The molecule has 1 N–H and O–H groups in total. The molecular weight excluding hydrogens is 325 g/mol. The number of alkyl halides is 1. The summed E-state index contributed by atoms with van der Waals surface area (Å²) in [5, 5.41) is 3.40. The van der Waals surface area contributed by atoms with Gasteiger partial charge in [-0.25, -0.2) is 0 Å². The zero-order valence-corrected chi connectivity index (χ0v) is 12.5. The number of nitrogens with one attached hydrogen (secondary N) is 1. The van der Waals surface area contributed by atoms with Crippen molar-refractivity contribution in [2.45, 2.75) is 25.9 Å². The van der Waals surface area contributed by atoms with Gasteiger partial charge in [0.15, 0.2) is 0 Å². The summed E-state index contributed by atoms with van der Waals surface area (Å²) in [7, 11) is 0. The van der Waals surface area contributed by atoms with Gasteiger partial charge in [0, 0.05) is 6.54 Å². The van der Waals surface area contributed by atoms with E-state index < -0.39 is 0 Å². The molecule has 3 heteroatoms. The van der Waals surface area contributed by atoms with Crippen molar-refractivity contribution in [2.24, 2.45) is 0 Å². The van der Waals surface area contributed by atoms with Crippen molar-refractivity contribution in [1.29, 1.82) is 0 Å². The van der Waals surface area contributed by atoms with Crippen molar-refractivity contribution in [2.75, 3.05) is 24.1 Å². The molecule has 0 aliphatic rings. The van der Waals surface area contributed by atoms with Crippen molar-refractivity contribution >= 4 is 22.6 Å². The first-order chi connectivity index (χ1) is 8.43. The number of rotatable bonds is 10. The van der Waals surface area contributed by atoms with Crippen LogP contribution in [-0.2, 0) is 11.3 Å². The molecule has 0 amide bonds. The molecule has 0 atom stereocenters. The number of halogens is 1. The van der Waals surface area contributed by atoms with Crippen molar-refractivity contribution in [3.63, 3.8) is 0 Å². The molecule has 1 aromatic rings. The smallest absolute Gasteiger partial charge is 0.0717 e. The van der Waals surface area contributed by atoms with Crippen molar-refractivity contribution in [3.8, 4) is 0 Å². The normalized spacial score (nSPS) is 10.6. The molecule has 0 bridgehead atoms. The van der Waals surface area contributed by atoms with Crippen LogP contribution in [0.2, 0.25) is 0 Å². The highest BCUT2D eigenvalue weighted by molar-refractivity contribution is 14.1. The average molecular weight is 347 g/mol. The van der Waals surface area contributed by atoms with Gasteiger partial charge in [0.2, 0.25) is 0 Å². The van der Waals surface area contributed by atoms with Crippen molar-refractivity contribution in [3.05, 3.63) is 35.9 Å². The van der Waals surface area contributed by atoms with Gasteiger partial charge in [-0.2, -0.15) is 0 Å². The summed E-state index contributed by atoms with van der Waals surface area (Å²) in [6.07, 6.45) is 3.95. The first-order valence-electron chi connectivity index (χ1n) is 6.32. The lowest BCUT2D eigenvalue weighted by atomic mass is 10.2. The Kier molecular flexibility index (Phi) is 9.65. The minimum absolute atomic E-state index is 0.720. The Morgan fingerprint density at radius 3 is 2.59 bits per heavy atom. The third kappa shape index (κ3) is 8.57. The van der Waals surface area contributed by atoms with Crippen LogP contribution in [0, 0.1) is 0 Å². The lowest BCUT2D eigenvalue weighted by molar-refractivity contribution is 0.123. The van der Waals surface area contributed by atoms with Crippen LogP contribution in [0.25, 0.3) is 0 Å². The fourth-order valence-corrected chi connectivity index (χ4v) is 2.09. The molecule has 0 heterocycles. The van der Waals surface area contributed by atoms with E-state index in [-0.39, 0.29) is 0 Å². The summed E-state index contributed by atoms with van der Waals surface area (Å²) in [6, 6.07) is 10.3. The Labute approximate surface area is 118 Å². The first kappa shape index (κ1) is 14.9. The lowest BCUT2D eigenvalue weighted by Gasteiger charge is -2.06. The number of hydrogen-bond donors (Lipinski definition) is 1. The summed E-state index contributed by atoms with van der Waals surface area (Å²) in [4.78, 5) is 0. The van der Waals surface area contributed by atoms with Gasteiger partial charge in [-0.15, -0.1) is 0 Å². The quantitative estimate of drug-likeness (QED) is 0.398. The second-order valence-electron chi connectivity index (χ2n) is 4.04. The summed E-state index contributed by atoms with van der Waals surface area (Å²) in [6.45, 7) is 3.58. The molecule has 0 fully saturated rings. The van der Waals surface area contributed by atoms with Gasteiger partial charge in [0.05, 0.1) is 13.2 Å². The standard InChI is InChI=1S/C14H22INO/c15-9-5-2-6-10-16-11-12-17-13-14-7-3-1-4-8-14/h1,3-4,7-8,16H,2,5-6,9-13H2. The maximum Gasteiger partial charge on any atom is 0.0717 e. The lowest BCUT2D eigenvalue weighted by Crippen LogP contribution is -2.20. The predicted octanol–water partition coefficient (Wildman–Crippen LogP) is 3.40. The molecule has 17 heavy (non-hydrogen) atoms. The Morgan fingerprint density at radius 2 is 1.82 bits per heavy atom. The molecule has 0 aliphatic carbocycles. The van der Waals surface area contributed by atoms with Crippen LogP contribution < -0.4 is 5.32 Å². The van der Waals surface area contributed by atoms with E-state index in [0.29, 0.717) is 0 Å². The SMILES string of the molecule is ICCCCCNCCOCc1ccccc1. The molecule has 0 aromatic heterocycles. The molecular formula is C14H22INO. The Balaban J connectivity index is 1.85. The van der Waals surface area contributed by atoms with E-state index in [1.54, 1.807) is 0 Å². The van der Waals surface area contributed by atoms with Gasteiger partial charge in [0.1, 0.15) is 0 Å². The topological polar surface area (TPSA) is 21.3 Å². The van der Waals surface area contributed by atoms with E-state index in [0.717, 1.165) is 26.3 Å². The molecule has 1 rings (SSSR count). The van der Waals surface area contributed by atoms with E-state index >= 15 is 0 Å². The van der Waals surface area contributed by atoms with Crippen LogP contribution in [0.4, 0.5) is 0 Å². The first-order valence-corrected chi connectivity index (χ1v) is 7.84. The molecule has 1 aromatic carbocycles. The van der Waals surface area contributed by atoms with E-state index in [9.17, 15) is 0 Å². The highest BCUT2D eigenvalue weighted by Crippen LogP contribution is 2.00. The Bertz CT molecular complexity index is 266. The summed E-state index contributed by atoms with van der Waals surface area (Å²) >= 11 is 2.43. The summed E-state index contributed by atoms with van der Waals surface area (Å²) in [5.74, 6) is 0. The zero-order chi connectivity index (χ0) is 12.2.